The number of aryl methyl sites for hydroxylation is 1. The van der Waals surface area contributed by atoms with E-state index in [2.05, 4.69) is 29.2 Å². The minimum absolute atomic E-state index is 0.135. The average Bonchev–Trinajstić information content (AvgIpc) is 3.41. The molecule has 3 aromatic rings. The van der Waals surface area contributed by atoms with E-state index in [1.807, 2.05) is 6.08 Å². The normalized spacial score (nSPS) is 19.3. The molecule has 3 heterocycles. The summed E-state index contributed by atoms with van der Waals surface area (Å²) in [5.74, 6) is 0.660. The first kappa shape index (κ1) is 20.7. The number of alkyl halides is 3. The third kappa shape index (κ3) is 3.38. The molecule has 2 aliphatic rings. The first-order chi connectivity index (χ1) is 15.2. The highest BCUT2D eigenvalue weighted by atomic mass is 19.4. The number of fused-ring (bicyclic) bond motifs is 3. The maximum atomic E-state index is 13.1. The van der Waals surface area contributed by atoms with E-state index < -0.39 is 11.9 Å². The topological polar surface area (TPSA) is 52.2 Å². The number of hydrogen-bond acceptors (Lipinski definition) is 3. The molecule has 0 radical (unpaired) electrons. The number of halogens is 3. The summed E-state index contributed by atoms with van der Waals surface area (Å²) in [5, 5.41) is 5.83. The Kier molecular flexibility index (Phi) is 4.83. The van der Waals surface area contributed by atoms with Crippen LogP contribution in [0, 0.1) is 11.8 Å². The molecule has 0 saturated heterocycles. The van der Waals surface area contributed by atoms with Crippen LogP contribution in [-0.2, 0) is 13.2 Å². The van der Waals surface area contributed by atoms with Crippen LogP contribution in [0.4, 0.5) is 13.2 Å². The third-order valence-corrected chi connectivity index (χ3v) is 6.62. The van der Waals surface area contributed by atoms with Gasteiger partial charge < -0.3 is 0 Å². The van der Waals surface area contributed by atoms with Gasteiger partial charge in [-0.15, -0.1) is 0 Å². The Hall–Kier alpha value is -3.16. The monoisotopic (exact) mass is 440 g/mol. The van der Waals surface area contributed by atoms with Crippen molar-refractivity contribution in [3.8, 4) is 11.3 Å². The molecule has 1 atom stereocenters. The van der Waals surface area contributed by atoms with E-state index in [9.17, 15) is 18.0 Å². The van der Waals surface area contributed by atoms with E-state index in [0.29, 0.717) is 33.4 Å². The zero-order valence-electron chi connectivity index (χ0n) is 17.9. The van der Waals surface area contributed by atoms with Crippen molar-refractivity contribution in [2.24, 2.45) is 18.9 Å². The maximum absolute atomic E-state index is 13.1. The second-order valence-corrected chi connectivity index (χ2v) is 8.66. The molecule has 166 valence electrons. The highest BCUT2D eigenvalue weighted by Gasteiger charge is 2.32. The van der Waals surface area contributed by atoms with Gasteiger partial charge in [0.05, 0.1) is 16.3 Å². The minimum Gasteiger partial charge on any atom is -0.296 e. The van der Waals surface area contributed by atoms with Crippen LogP contribution >= 0.6 is 0 Å². The number of pyridine rings is 1. The SMILES string of the molecule is CC1C=c2c(c(=O)n(C)c3cc(-c4ccnc(C(F)(F)F)c4)nn23)=CC=C1C1CCCC1. The van der Waals surface area contributed by atoms with Gasteiger partial charge in [0.15, 0.2) is 0 Å². The molecule has 5 rings (SSSR count). The lowest BCUT2D eigenvalue weighted by atomic mass is 9.87. The highest BCUT2D eigenvalue weighted by Crippen LogP contribution is 2.35. The van der Waals surface area contributed by atoms with Gasteiger partial charge in [0, 0.05) is 24.9 Å². The molecular formula is C24H23F3N4O. The molecule has 0 amide bonds. The summed E-state index contributed by atoms with van der Waals surface area (Å²) in [7, 11) is 1.65. The molecule has 0 aliphatic heterocycles. The van der Waals surface area contributed by atoms with Crippen molar-refractivity contribution in [2.45, 2.75) is 38.8 Å². The van der Waals surface area contributed by atoms with Crippen LogP contribution in [-0.4, -0.2) is 19.2 Å². The molecule has 1 unspecified atom stereocenters. The van der Waals surface area contributed by atoms with Crippen molar-refractivity contribution in [2.75, 3.05) is 0 Å². The molecule has 1 fully saturated rings. The summed E-state index contributed by atoms with van der Waals surface area (Å²) in [6.07, 6.45) is 7.38. The first-order valence-electron chi connectivity index (χ1n) is 10.8. The Labute approximate surface area is 182 Å². The third-order valence-electron chi connectivity index (χ3n) is 6.62. The predicted octanol–water partition coefficient (Wildman–Crippen LogP) is 3.44. The molecule has 8 heteroatoms. The Morgan fingerprint density at radius 3 is 2.59 bits per heavy atom. The fourth-order valence-corrected chi connectivity index (χ4v) is 4.93. The van der Waals surface area contributed by atoms with Crippen LogP contribution in [0.2, 0.25) is 0 Å². The zero-order chi connectivity index (χ0) is 22.6. The Morgan fingerprint density at radius 1 is 1.12 bits per heavy atom. The van der Waals surface area contributed by atoms with Gasteiger partial charge >= 0.3 is 6.18 Å². The smallest absolute Gasteiger partial charge is 0.296 e. The largest absolute Gasteiger partial charge is 0.433 e. The van der Waals surface area contributed by atoms with Crippen LogP contribution in [0.15, 0.2) is 40.8 Å². The van der Waals surface area contributed by atoms with E-state index in [1.54, 1.807) is 17.6 Å². The highest BCUT2D eigenvalue weighted by molar-refractivity contribution is 5.65. The Morgan fingerprint density at radius 2 is 1.88 bits per heavy atom. The molecule has 0 N–H and O–H groups in total. The fourth-order valence-electron chi connectivity index (χ4n) is 4.93. The van der Waals surface area contributed by atoms with Crippen LogP contribution in [0.3, 0.4) is 0 Å². The summed E-state index contributed by atoms with van der Waals surface area (Å²) in [6.45, 7) is 2.12. The summed E-state index contributed by atoms with van der Waals surface area (Å²) in [6, 6.07) is 4.12. The number of hydrogen-bond donors (Lipinski definition) is 0. The van der Waals surface area contributed by atoms with Gasteiger partial charge in [0.25, 0.3) is 5.56 Å². The van der Waals surface area contributed by atoms with Crippen molar-refractivity contribution in [1.29, 1.82) is 0 Å². The standard InChI is InChI=1S/C24H23F3N4O/c1-14-11-20-18(8-7-17(14)15-5-3-4-6-15)23(32)30(2)22-13-19(29-31(20)22)16-9-10-28-21(12-16)24(25,26)27/h7-15H,3-6H2,1-2H3. The Bertz CT molecular complexity index is 1420. The lowest BCUT2D eigenvalue weighted by Gasteiger charge is -2.18. The summed E-state index contributed by atoms with van der Waals surface area (Å²) >= 11 is 0. The Balaban J connectivity index is 1.71. The minimum atomic E-state index is -4.54. The van der Waals surface area contributed by atoms with Gasteiger partial charge in [0.1, 0.15) is 11.3 Å². The molecule has 2 aliphatic carbocycles. The maximum Gasteiger partial charge on any atom is 0.433 e. The molecular weight excluding hydrogens is 417 g/mol. The number of nitrogens with zero attached hydrogens (tertiary/aromatic N) is 4. The summed E-state index contributed by atoms with van der Waals surface area (Å²) in [4.78, 5) is 16.6. The van der Waals surface area contributed by atoms with Crippen LogP contribution in [0.25, 0.3) is 29.1 Å². The number of rotatable bonds is 2. The molecule has 5 nitrogen and oxygen atoms in total. The van der Waals surface area contributed by atoms with Crippen molar-refractivity contribution in [3.05, 3.63) is 62.7 Å². The fraction of sp³-hybridized carbons (Fsp3) is 0.375. The van der Waals surface area contributed by atoms with E-state index >= 15 is 0 Å². The second kappa shape index (κ2) is 7.46. The van der Waals surface area contributed by atoms with Gasteiger partial charge in [-0.25, -0.2) is 4.52 Å². The van der Waals surface area contributed by atoms with Gasteiger partial charge in [0.2, 0.25) is 0 Å². The average molecular weight is 440 g/mol. The quantitative estimate of drug-likeness (QED) is 0.614. The van der Waals surface area contributed by atoms with Gasteiger partial charge in [-0.1, -0.05) is 37.5 Å². The summed E-state index contributed by atoms with van der Waals surface area (Å²) < 4.78 is 42.6. The van der Waals surface area contributed by atoms with Gasteiger partial charge in [-0.2, -0.15) is 18.3 Å². The van der Waals surface area contributed by atoms with Crippen molar-refractivity contribution >= 4 is 17.8 Å². The molecule has 1 saturated carbocycles. The number of aromatic nitrogens is 4. The first-order valence-corrected chi connectivity index (χ1v) is 10.8. The molecule has 32 heavy (non-hydrogen) atoms. The van der Waals surface area contributed by atoms with E-state index in [-0.39, 0.29) is 11.5 Å². The van der Waals surface area contributed by atoms with Crippen molar-refractivity contribution < 1.29 is 13.2 Å². The van der Waals surface area contributed by atoms with Crippen LogP contribution < -0.4 is 16.1 Å². The number of allylic oxidation sites excluding steroid dienone is 2. The summed E-state index contributed by atoms with van der Waals surface area (Å²) in [5.41, 5.74) is 1.37. The van der Waals surface area contributed by atoms with Gasteiger partial charge in [-0.3, -0.25) is 14.3 Å². The molecule has 3 aromatic heterocycles. The lowest BCUT2D eigenvalue weighted by molar-refractivity contribution is -0.141. The van der Waals surface area contributed by atoms with Crippen LogP contribution in [0.1, 0.15) is 38.3 Å². The predicted molar refractivity (Wildman–Crippen MR) is 116 cm³/mol. The van der Waals surface area contributed by atoms with Gasteiger partial charge in [-0.05, 0) is 42.9 Å². The van der Waals surface area contributed by atoms with Crippen molar-refractivity contribution in [3.63, 3.8) is 0 Å². The molecule has 0 bridgehead atoms. The van der Waals surface area contributed by atoms with E-state index in [0.717, 1.165) is 25.1 Å². The van der Waals surface area contributed by atoms with Crippen LogP contribution in [0.5, 0.6) is 0 Å². The lowest BCUT2D eigenvalue weighted by Crippen LogP contribution is -2.48. The molecule has 0 aromatic carbocycles. The van der Waals surface area contributed by atoms with E-state index in [1.165, 1.54) is 29.0 Å². The van der Waals surface area contributed by atoms with Crippen molar-refractivity contribution in [1.82, 2.24) is 19.2 Å². The van der Waals surface area contributed by atoms with E-state index in [4.69, 9.17) is 0 Å². The molecule has 0 spiro atoms. The zero-order valence-corrected chi connectivity index (χ0v) is 17.9. The second-order valence-electron chi connectivity index (χ2n) is 8.66.